The molecule has 3 nitrogen and oxygen atoms in total. The molecule has 0 amide bonds. The first-order valence-electron chi connectivity index (χ1n) is 7.05. The first-order chi connectivity index (χ1) is 10.2. The van der Waals surface area contributed by atoms with Gasteiger partial charge in [0.05, 0.1) is 5.52 Å². The molecular formula is C18H18N2O. The minimum Gasteiger partial charge on any atom is -0.489 e. The van der Waals surface area contributed by atoms with Gasteiger partial charge in [0.15, 0.2) is 0 Å². The average Bonchev–Trinajstić information content (AvgIpc) is 2.53. The van der Waals surface area contributed by atoms with Gasteiger partial charge >= 0.3 is 0 Å². The van der Waals surface area contributed by atoms with Crippen molar-refractivity contribution in [2.75, 3.05) is 0 Å². The van der Waals surface area contributed by atoms with Gasteiger partial charge < -0.3 is 10.5 Å². The van der Waals surface area contributed by atoms with Gasteiger partial charge in [-0.15, -0.1) is 0 Å². The maximum absolute atomic E-state index is 5.97. The van der Waals surface area contributed by atoms with Crippen molar-refractivity contribution in [3.05, 3.63) is 71.9 Å². The maximum Gasteiger partial charge on any atom is 0.124 e. The number of rotatable bonds is 4. The molecule has 106 valence electrons. The smallest absolute Gasteiger partial charge is 0.124 e. The summed E-state index contributed by atoms with van der Waals surface area (Å²) in [5.74, 6) is 0.846. The normalized spacial score (nSPS) is 12.3. The average molecular weight is 278 g/mol. The van der Waals surface area contributed by atoms with Crippen LogP contribution in [0.1, 0.15) is 24.1 Å². The fraction of sp³-hybridized carbons (Fsp3) is 0.167. The predicted molar refractivity (Wildman–Crippen MR) is 85.1 cm³/mol. The largest absolute Gasteiger partial charge is 0.489 e. The van der Waals surface area contributed by atoms with Gasteiger partial charge in [-0.1, -0.05) is 30.3 Å². The highest BCUT2D eigenvalue weighted by atomic mass is 16.5. The summed E-state index contributed by atoms with van der Waals surface area (Å²) in [6, 6.07) is 18.0. The van der Waals surface area contributed by atoms with Gasteiger partial charge in [0, 0.05) is 23.2 Å². The van der Waals surface area contributed by atoms with Crippen molar-refractivity contribution in [2.24, 2.45) is 5.73 Å². The van der Waals surface area contributed by atoms with E-state index >= 15 is 0 Å². The number of para-hydroxylation sites is 1. The second kappa shape index (κ2) is 5.94. The lowest BCUT2D eigenvalue weighted by atomic mass is 10.1. The summed E-state index contributed by atoms with van der Waals surface area (Å²) in [6.07, 6.45) is 1.80. The zero-order chi connectivity index (χ0) is 14.7. The zero-order valence-electron chi connectivity index (χ0n) is 12.0. The Morgan fingerprint density at radius 3 is 2.81 bits per heavy atom. The molecule has 1 aromatic heterocycles. The fourth-order valence-corrected chi connectivity index (χ4v) is 2.36. The molecule has 2 N–H and O–H groups in total. The predicted octanol–water partition coefficient (Wildman–Crippen LogP) is 3.83. The molecule has 0 bridgehead atoms. The van der Waals surface area contributed by atoms with E-state index in [2.05, 4.69) is 17.1 Å². The Hall–Kier alpha value is -2.39. The molecule has 0 saturated heterocycles. The molecule has 0 unspecified atom stereocenters. The van der Waals surface area contributed by atoms with Crippen LogP contribution in [0.25, 0.3) is 10.9 Å². The Balaban J connectivity index is 1.80. The van der Waals surface area contributed by atoms with Crippen LogP contribution < -0.4 is 10.5 Å². The van der Waals surface area contributed by atoms with E-state index in [4.69, 9.17) is 10.5 Å². The highest BCUT2D eigenvalue weighted by Gasteiger charge is 2.07. The minimum atomic E-state index is -0.0398. The van der Waals surface area contributed by atoms with Crippen LogP contribution in [0.15, 0.2) is 60.8 Å². The number of pyridine rings is 1. The molecule has 1 heterocycles. The van der Waals surface area contributed by atoms with E-state index in [-0.39, 0.29) is 6.04 Å². The number of hydrogen-bond acceptors (Lipinski definition) is 3. The summed E-state index contributed by atoms with van der Waals surface area (Å²) in [6.45, 7) is 2.48. The molecule has 0 aliphatic rings. The van der Waals surface area contributed by atoms with E-state index in [1.54, 1.807) is 6.20 Å². The van der Waals surface area contributed by atoms with Gasteiger partial charge in [0.2, 0.25) is 0 Å². The van der Waals surface area contributed by atoms with E-state index in [1.807, 2.05) is 49.4 Å². The van der Waals surface area contributed by atoms with Crippen LogP contribution in [0, 0.1) is 0 Å². The number of nitrogens with two attached hydrogens (primary N) is 1. The van der Waals surface area contributed by atoms with Crippen LogP contribution in [-0.2, 0) is 6.61 Å². The second-order valence-electron chi connectivity index (χ2n) is 5.15. The SMILES string of the molecule is C[C@@H](N)c1ccccc1OCc1ccc2ncccc2c1. The molecule has 3 heteroatoms. The van der Waals surface area contributed by atoms with Gasteiger partial charge in [0.25, 0.3) is 0 Å². The molecule has 1 atom stereocenters. The summed E-state index contributed by atoms with van der Waals surface area (Å²) >= 11 is 0. The van der Waals surface area contributed by atoms with E-state index in [1.165, 1.54) is 0 Å². The molecule has 0 aliphatic carbocycles. The van der Waals surface area contributed by atoms with Crippen LogP contribution in [-0.4, -0.2) is 4.98 Å². The van der Waals surface area contributed by atoms with Gasteiger partial charge in [-0.3, -0.25) is 4.98 Å². The van der Waals surface area contributed by atoms with Gasteiger partial charge in [-0.2, -0.15) is 0 Å². The van der Waals surface area contributed by atoms with Crippen LogP contribution in [0.4, 0.5) is 0 Å². The lowest BCUT2D eigenvalue weighted by molar-refractivity contribution is 0.301. The Morgan fingerprint density at radius 1 is 1.10 bits per heavy atom. The number of aromatic nitrogens is 1. The zero-order valence-corrected chi connectivity index (χ0v) is 12.0. The molecule has 0 saturated carbocycles. The Bertz CT molecular complexity index is 753. The van der Waals surface area contributed by atoms with E-state index < -0.39 is 0 Å². The first-order valence-corrected chi connectivity index (χ1v) is 7.05. The Labute approximate surface area is 124 Å². The van der Waals surface area contributed by atoms with Crippen LogP contribution >= 0.6 is 0 Å². The van der Waals surface area contributed by atoms with E-state index in [0.717, 1.165) is 27.8 Å². The van der Waals surface area contributed by atoms with Crippen molar-refractivity contribution in [2.45, 2.75) is 19.6 Å². The summed E-state index contributed by atoms with van der Waals surface area (Å²) in [5.41, 5.74) is 9.12. The summed E-state index contributed by atoms with van der Waals surface area (Å²) < 4.78 is 5.93. The lowest BCUT2D eigenvalue weighted by Gasteiger charge is -2.14. The molecule has 3 aromatic rings. The number of nitrogens with zero attached hydrogens (tertiary/aromatic N) is 1. The third kappa shape index (κ3) is 3.03. The Kier molecular flexibility index (Phi) is 3.84. The van der Waals surface area contributed by atoms with Crippen molar-refractivity contribution in [3.63, 3.8) is 0 Å². The van der Waals surface area contributed by atoms with Crippen molar-refractivity contribution in [3.8, 4) is 5.75 Å². The van der Waals surface area contributed by atoms with E-state index in [9.17, 15) is 0 Å². The second-order valence-corrected chi connectivity index (χ2v) is 5.15. The van der Waals surface area contributed by atoms with Crippen LogP contribution in [0.5, 0.6) is 5.75 Å². The lowest BCUT2D eigenvalue weighted by Crippen LogP contribution is -2.07. The highest BCUT2D eigenvalue weighted by Crippen LogP contribution is 2.24. The van der Waals surface area contributed by atoms with Crippen LogP contribution in [0.3, 0.4) is 0 Å². The monoisotopic (exact) mass is 278 g/mol. The molecular weight excluding hydrogens is 260 g/mol. The van der Waals surface area contributed by atoms with Crippen molar-refractivity contribution < 1.29 is 4.74 Å². The molecule has 0 aliphatic heterocycles. The van der Waals surface area contributed by atoms with Crippen LogP contribution in [0.2, 0.25) is 0 Å². The summed E-state index contributed by atoms with van der Waals surface area (Å²) in [5, 5.41) is 1.12. The maximum atomic E-state index is 5.97. The number of fused-ring (bicyclic) bond motifs is 1. The highest BCUT2D eigenvalue weighted by molar-refractivity contribution is 5.78. The third-order valence-electron chi connectivity index (χ3n) is 3.47. The fourth-order valence-electron chi connectivity index (χ4n) is 2.36. The molecule has 0 radical (unpaired) electrons. The first kappa shape index (κ1) is 13.6. The number of ether oxygens (including phenoxy) is 1. The number of benzene rings is 2. The molecule has 0 spiro atoms. The summed E-state index contributed by atoms with van der Waals surface area (Å²) in [4.78, 5) is 4.32. The Morgan fingerprint density at radius 2 is 1.95 bits per heavy atom. The minimum absolute atomic E-state index is 0.0398. The van der Waals surface area contributed by atoms with Gasteiger partial charge in [-0.05, 0) is 36.8 Å². The topological polar surface area (TPSA) is 48.1 Å². The van der Waals surface area contributed by atoms with Crippen molar-refractivity contribution in [1.29, 1.82) is 0 Å². The third-order valence-corrected chi connectivity index (χ3v) is 3.47. The van der Waals surface area contributed by atoms with E-state index in [0.29, 0.717) is 6.61 Å². The molecule has 3 rings (SSSR count). The van der Waals surface area contributed by atoms with Crippen molar-refractivity contribution >= 4 is 10.9 Å². The molecule has 21 heavy (non-hydrogen) atoms. The van der Waals surface area contributed by atoms with Gasteiger partial charge in [-0.25, -0.2) is 0 Å². The quantitative estimate of drug-likeness (QED) is 0.789. The summed E-state index contributed by atoms with van der Waals surface area (Å²) in [7, 11) is 0. The van der Waals surface area contributed by atoms with Gasteiger partial charge in [0.1, 0.15) is 12.4 Å². The van der Waals surface area contributed by atoms with Crippen molar-refractivity contribution in [1.82, 2.24) is 4.98 Å². The molecule has 2 aromatic carbocycles. The number of hydrogen-bond donors (Lipinski definition) is 1. The standard InChI is InChI=1S/C18H18N2O/c1-13(19)16-6-2-3-7-18(16)21-12-14-8-9-17-15(11-14)5-4-10-20-17/h2-11,13H,12,19H2,1H3/t13-/m1/s1. The molecule has 0 fully saturated rings.